The Bertz CT molecular complexity index is 2010. The van der Waals surface area contributed by atoms with Crippen molar-refractivity contribution in [2.24, 2.45) is 0 Å². The summed E-state index contributed by atoms with van der Waals surface area (Å²) < 4.78 is 34.4. The van der Waals surface area contributed by atoms with Crippen molar-refractivity contribution in [2.45, 2.75) is 38.1 Å². The Kier molecular flexibility index (Phi) is 15.2. The predicted molar refractivity (Wildman–Crippen MR) is 227 cm³/mol. The summed E-state index contributed by atoms with van der Waals surface area (Å²) in [4.78, 5) is 15.1. The Balaban J connectivity index is 1.26. The highest BCUT2D eigenvalue weighted by atomic mass is 16.5. The van der Waals surface area contributed by atoms with E-state index in [1.54, 1.807) is 28.4 Å². The van der Waals surface area contributed by atoms with Gasteiger partial charge in [-0.1, -0.05) is 97.1 Å². The third-order valence-corrected chi connectivity index (χ3v) is 10.1. The fraction of sp³-hybridized carbons (Fsp3) is 0.245. The van der Waals surface area contributed by atoms with Crippen LogP contribution >= 0.6 is 0 Å². The van der Waals surface area contributed by atoms with Crippen LogP contribution in [0.25, 0.3) is 0 Å². The zero-order valence-corrected chi connectivity index (χ0v) is 33.6. The molecule has 0 amide bonds. The first-order valence-corrected chi connectivity index (χ1v) is 19.4. The van der Waals surface area contributed by atoms with Crippen LogP contribution < -0.4 is 39.1 Å². The number of ether oxygens (including phenoxy) is 6. The molecule has 2 unspecified atom stereocenters. The van der Waals surface area contributed by atoms with Crippen LogP contribution in [0.2, 0.25) is 0 Å². The molecule has 0 aliphatic carbocycles. The number of nitrogens with one attached hydrogen (secondary N) is 2. The first-order chi connectivity index (χ1) is 28.5. The Morgan fingerprint density at radius 2 is 0.845 bits per heavy atom. The summed E-state index contributed by atoms with van der Waals surface area (Å²) in [7, 11) is 6.54. The smallest absolute Gasteiger partial charge is 0.150 e. The molecular weight excluding hydrogens is 729 g/mol. The molecule has 6 aromatic rings. The topological polar surface area (TPSA) is 96.5 Å². The van der Waals surface area contributed by atoms with Crippen LogP contribution in [0.15, 0.2) is 146 Å². The zero-order chi connectivity index (χ0) is 40.5. The van der Waals surface area contributed by atoms with Crippen LogP contribution in [0.3, 0.4) is 0 Å². The number of carbonyl (C=O) groups is 1. The van der Waals surface area contributed by atoms with Crippen molar-refractivity contribution >= 4 is 5.78 Å². The SMILES string of the molecule is COc1ccc(CNCC(C(=O)C(CNCc2ccc(OC)cc2OC)c2ccc(OCc3ccccc3)cc2)c2ccc(OCc3ccccc3)cc2)c(OC)c1. The van der Waals surface area contributed by atoms with Gasteiger partial charge in [-0.2, -0.15) is 0 Å². The molecule has 0 radical (unpaired) electrons. The molecule has 58 heavy (non-hydrogen) atoms. The highest BCUT2D eigenvalue weighted by molar-refractivity contribution is 5.92. The van der Waals surface area contributed by atoms with Gasteiger partial charge in [0, 0.05) is 49.4 Å². The van der Waals surface area contributed by atoms with E-state index >= 15 is 4.79 Å². The summed E-state index contributed by atoms with van der Waals surface area (Å²) in [5.41, 5.74) is 5.84. The van der Waals surface area contributed by atoms with Crippen LogP contribution in [-0.4, -0.2) is 47.3 Å². The number of hydrogen-bond acceptors (Lipinski definition) is 9. The molecule has 0 saturated heterocycles. The van der Waals surface area contributed by atoms with E-state index in [1.807, 2.05) is 146 Å². The van der Waals surface area contributed by atoms with Crippen molar-refractivity contribution in [1.82, 2.24) is 10.6 Å². The number of Topliss-reactive ketones (excluding diaryl/α,β-unsaturated/α-hetero) is 1. The molecule has 6 rings (SSSR count). The van der Waals surface area contributed by atoms with Gasteiger partial charge < -0.3 is 39.1 Å². The predicted octanol–water partition coefficient (Wildman–Crippen LogP) is 8.90. The maximum atomic E-state index is 15.1. The maximum absolute atomic E-state index is 15.1. The average molecular weight is 781 g/mol. The lowest BCUT2D eigenvalue weighted by atomic mass is 9.83. The Morgan fingerprint density at radius 3 is 1.21 bits per heavy atom. The fourth-order valence-corrected chi connectivity index (χ4v) is 6.78. The number of carbonyl (C=O) groups excluding carboxylic acids is 1. The molecule has 300 valence electrons. The molecule has 0 aromatic heterocycles. The van der Waals surface area contributed by atoms with Gasteiger partial charge in [0.05, 0.1) is 40.3 Å². The number of benzene rings is 6. The van der Waals surface area contributed by atoms with Crippen molar-refractivity contribution in [3.63, 3.8) is 0 Å². The first-order valence-electron chi connectivity index (χ1n) is 19.4. The van der Waals surface area contributed by atoms with Crippen LogP contribution in [0.5, 0.6) is 34.5 Å². The van der Waals surface area contributed by atoms with E-state index in [2.05, 4.69) is 10.6 Å². The number of methoxy groups -OCH3 is 4. The molecule has 9 heteroatoms. The minimum Gasteiger partial charge on any atom is -0.497 e. The van der Waals surface area contributed by atoms with E-state index in [0.29, 0.717) is 62.4 Å². The van der Waals surface area contributed by atoms with Crippen molar-refractivity contribution in [3.05, 3.63) is 179 Å². The monoisotopic (exact) mass is 780 g/mol. The van der Waals surface area contributed by atoms with Crippen LogP contribution in [0, 0.1) is 0 Å². The van der Waals surface area contributed by atoms with Gasteiger partial charge in [-0.3, -0.25) is 4.79 Å². The van der Waals surface area contributed by atoms with Crippen molar-refractivity contribution < 1.29 is 33.2 Å². The van der Waals surface area contributed by atoms with Gasteiger partial charge >= 0.3 is 0 Å². The summed E-state index contributed by atoms with van der Waals surface area (Å²) in [5.74, 6) is 3.37. The van der Waals surface area contributed by atoms with Gasteiger partial charge in [0.2, 0.25) is 0 Å². The van der Waals surface area contributed by atoms with Crippen molar-refractivity contribution in [1.29, 1.82) is 0 Å². The van der Waals surface area contributed by atoms with E-state index < -0.39 is 11.8 Å². The van der Waals surface area contributed by atoms with E-state index in [1.165, 1.54) is 0 Å². The molecule has 0 bridgehead atoms. The van der Waals surface area contributed by atoms with Crippen LogP contribution in [-0.2, 0) is 31.1 Å². The second-order valence-electron chi connectivity index (χ2n) is 13.8. The molecule has 0 spiro atoms. The molecule has 9 nitrogen and oxygen atoms in total. The normalized spacial score (nSPS) is 11.9. The standard InChI is InChI=1S/C49H52N2O7/c1-53-43-25-19-39(47(27-43)55-3)29-50-31-45(37-15-21-41(22-16-37)57-33-35-11-7-5-8-12-35)49(52)46(32-51-30-40-20-26-44(54-2)28-48(40)56-4)38-17-23-42(24-18-38)58-34-36-13-9-6-10-14-36/h5-28,45-46,50-51H,29-34H2,1-4H3. The molecule has 0 heterocycles. The largest absolute Gasteiger partial charge is 0.497 e. The first kappa shape index (κ1) is 41.3. The second-order valence-corrected chi connectivity index (χ2v) is 13.8. The Morgan fingerprint density at radius 1 is 0.466 bits per heavy atom. The Labute approximate surface area is 341 Å². The lowest BCUT2D eigenvalue weighted by Gasteiger charge is -2.25. The van der Waals surface area contributed by atoms with Crippen molar-refractivity contribution in [2.75, 3.05) is 41.5 Å². The molecular formula is C49H52N2O7. The molecule has 2 atom stereocenters. The van der Waals surface area contributed by atoms with Gasteiger partial charge in [0.15, 0.2) is 0 Å². The quantitative estimate of drug-likeness (QED) is 0.0701. The van der Waals surface area contributed by atoms with E-state index in [4.69, 9.17) is 28.4 Å². The maximum Gasteiger partial charge on any atom is 0.150 e. The molecule has 2 N–H and O–H groups in total. The lowest BCUT2D eigenvalue weighted by molar-refractivity contribution is -0.121. The van der Waals surface area contributed by atoms with Gasteiger partial charge in [-0.15, -0.1) is 0 Å². The molecule has 0 aliphatic rings. The molecule has 0 aliphatic heterocycles. The Hall–Kier alpha value is -6.29. The second kappa shape index (κ2) is 21.3. The van der Waals surface area contributed by atoms with Gasteiger partial charge in [-0.05, 0) is 58.7 Å². The van der Waals surface area contributed by atoms with Gasteiger partial charge in [0.25, 0.3) is 0 Å². The summed E-state index contributed by atoms with van der Waals surface area (Å²) >= 11 is 0. The third kappa shape index (κ3) is 11.4. The van der Waals surface area contributed by atoms with Gasteiger partial charge in [-0.25, -0.2) is 0 Å². The van der Waals surface area contributed by atoms with Crippen LogP contribution in [0.4, 0.5) is 0 Å². The summed E-state index contributed by atoms with van der Waals surface area (Å²) in [6, 6.07) is 47.3. The molecule has 6 aromatic carbocycles. The average Bonchev–Trinajstić information content (AvgIpc) is 3.29. The molecule has 0 saturated carbocycles. The highest BCUT2D eigenvalue weighted by Gasteiger charge is 2.30. The number of ketones is 1. The fourth-order valence-electron chi connectivity index (χ4n) is 6.78. The highest BCUT2D eigenvalue weighted by Crippen LogP contribution is 2.31. The zero-order valence-electron chi connectivity index (χ0n) is 33.6. The number of rotatable bonds is 22. The summed E-state index contributed by atoms with van der Waals surface area (Å²) in [5, 5.41) is 7.14. The summed E-state index contributed by atoms with van der Waals surface area (Å²) in [6.45, 7) is 2.65. The lowest BCUT2D eigenvalue weighted by Crippen LogP contribution is -2.34. The third-order valence-electron chi connectivity index (χ3n) is 10.1. The van der Waals surface area contributed by atoms with E-state index in [9.17, 15) is 0 Å². The minimum absolute atomic E-state index is 0.0688. The number of hydrogen-bond donors (Lipinski definition) is 2. The van der Waals surface area contributed by atoms with Crippen LogP contribution in [0.1, 0.15) is 45.2 Å². The van der Waals surface area contributed by atoms with E-state index in [0.717, 1.165) is 44.9 Å². The van der Waals surface area contributed by atoms with Gasteiger partial charge in [0.1, 0.15) is 53.5 Å². The van der Waals surface area contributed by atoms with E-state index in [-0.39, 0.29) is 5.78 Å². The van der Waals surface area contributed by atoms with Crippen molar-refractivity contribution in [3.8, 4) is 34.5 Å². The molecule has 0 fully saturated rings. The minimum atomic E-state index is -0.497. The summed E-state index contributed by atoms with van der Waals surface area (Å²) in [6.07, 6.45) is 0.